The lowest BCUT2D eigenvalue weighted by Gasteiger charge is -2.11. The van der Waals surface area contributed by atoms with Crippen molar-refractivity contribution in [1.82, 2.24) is 5.32 Å². The molecule has 0 amide bonds. The third kappa shape index (κ3) is 4.45. The molecule has 0 aliphatic rings. The predicted molar refractivity (Wildman–Crippen MR) is 88.4 cm³/mol. The van der Waals surface area contributed by atoms with Crippen LogP contribution in [-0.2, 0) is 26.3 Å². The van der Waals surface area contributed by atoms with Crippen LogP contribution in [0.25, 0.3) is 0 Å². The van der Waals surface area contributed by atoms with Crippen LogP contribution in [0.2, 0.25) is 0 Å². The molecule has 0 saturated carbocycles. The molecular weight excluding hydrogens is 294 g/mol. The summed E-state index contributed by atoms with van der Waals surface area (Å²) in [7, 11) is 3.23. The lowest BCUT2D eigenvalue weighted by molar-refractivity contribution is 0.260. The maximum atomic E-state index is 9.33. The molecule has 0 saturated heterocycles. The van der Waals surface area contributed by atoms with E-state index in [0.29, 0.717) is 24.6 Å². The van der Waals surface area contributed by atoms with Gasteiger partial charge in [0.15, 0.2) is 11.5 Å². The highest BCUT2D eigenvalue weighted by Crippen LogP contribution is 2.27. The normalized spacial score (nSPS) is 10.6. The number of aliphatic hydroxyl groups is 2. The minimum Gasteiger partial charge on any atom is -0.493 e. The fraction of sp³-hybridized carbons (Fsp3) is 0.333. The molecule has 3 N–H and O–H groups in total. The van der Waals surface area contributed by atoms with Crippen LogP contribution < -0.4 is 14.8 Å². The fourth-order valence-corrected chi connectivity index (χ4v) is 2.43. The van der Waals surface area contributed by atoms with E-state index in [2.05, 4.69) is 5.32 Å². The highest BCUT2D eigenvalue weighted by atomic mass is 16.5. The van der Waals surface area contributed by atoms with Crippen molar-refractivity contribution in [3.05, 3.63) is 58.7 Å². The van der Waals surface area contributed by atoms with Crippen molar-refractivity contribution >= 4 is 0 Å². The summed E-state index contributed by atoms with van der Waals surface area (Å²) >= 11 is 0. The summed E-state index contributed by atoms with van der Waals surface area (Å²) in [6, 6.07) is 11.5. The molecule has 2 aromatic rings. The number of nitrogens with one attached hydrogen (secondary N) is 1. The first-order valence-corrected chi connectivity index (χ1v) is 7.45. The van der Waals surface area contributed by atoms with Crippen LogP contribution in [-0.4, -0.2) is 24.4 Å². The number of ether oxygens (including phenoxy) is 2. The topological polar surface area (TPSA) is 71.0 Å². The highest BCUT2D eigenvalue weighted by Gasteiger charge is 2.05. The predicted octanol–water partition coefficient (Wildman–Crippen LogP) is 1.98. The largest absolute Gasteiger partial charge is 0.493 e. The van der Waals surface area contributed by atoms with Gasteiger partial charge in [-0.15, -0.1) is 0 Å². The van der Waals surface area contributed by atoms with Crippen molar-refractivity contribution in [1.29, 1.82) is 0 Å². The maximum absolute atomic E-state index is 9.33. The van der Waals surface area contributed by atoms with E-state index in [1.807, 2.05) is 36.4 Å². The van der Waals surface area contributed by atoms with Gasteiger partial charge in [0.2, 0.25) is 0 Å². The van der Waals surface area contributed by atoms with Crippen LogP contribution in [0.15, 0.2) is 36.4 Å². The average molecular weight is 317 g/mol. The molecule has 2 rings (SSSR count). The van der Waals surface area contributed by atoms with Crippen molar-refractivity contribution in [3.63, 3.8) is 0 Å². The smallest absolute Gasteiger partial charge is 0.161 e. The Kier molecular flexibility index (Phi) is 6.40. The maximum Gasteiger partial charge on any atom is 0.161 e. The molecule has 0 unspecified atom stereocenters. The molecule has 0 spiro atoms. The summed E-state index contributed by atoms with van der Waals surface area (Å²) in [5, 5.41) is 21.9. The molecule has 23 heavy (non-hydrogen) atoms. The molecule has 0 heterocycles. The lowest BCUT2D eigenvalue weighted by Crippen LogP contribution is -2.13. The minimum absolute atomic E-state index is 0.0603. The van der Waals surface area contributed by atoms with E-state index in [0.717, 1.165) is 22.3 Å². The summed E-state index contributed by atoms with van der Waals surface area (Å²) in [5.74, 6) is 1.42. The van der Waals surface area contributed by atoms with Gasteiger partial charge >= 0.3 is 0 Å². The fourth-order valence-electron chi connectivity index (χ4n) is 2.43. The zero-order valence-corrected chi connectivity index (χ0v) is 13.5. The molecule has 2 aromatic carbocycles. The van der Waals surface area contributed by atoms with Crippen molar-refractivity contribution in [2.24, 2.45) is 0 Å². The van der Waals surface area contributed by atoms with Gasteiger partial charge in [0.1, 0.15) is 0 Å². The number of methoxy groups -OCH3 is 2. The molecule has 0 aliphatic heterocycles. The highest BCUT2D eigenvalue weighted by molar-refractivity contribution is 5.42. The molecule has 0 atom stereocenters. The van der Waals surface area contributed by atoms with Gasteiger partial charge in [-0.3, -0.25) is 0 Å². The van der Waals surface area contributed by atoms with E-state index in [1.54, 1.807) is 14.2 Å². The Bertz CT molecular complexity index is 587. The lowest BCUT2D eigenvalue weighted by atomic mass is 10.0. The van der Waals surface area contributed by atoms with Gasteiger partial charge in [0.05, 0.1) is 27.4 Å². The number of rotatable bonds is 8. The van der Waals surface area contributed by atoms with Gasteiger partial charge in [-0.2, -0.15) is 0 Å². The summed E-state index contributed by atoms with van der Waals surface area (Å²) in [4.78, 5) is 0. The molecule has 124 valence electrons. The first-order valence-electron chi connectivity index (χ1n) is 7.45. The van der Waals surface area contributed by atoms with Gasteiger partial charge in [0.25, 0.3) is 0 Å². The average Bonchev–Trinajstić information content (AvgIpc) is 2.61. The van der Waals surface area contributed by atoms with Crippen molar-refractivity contribution in [2.45, 2.75) is 26.3 Å². The van der Waals surface area contributed by atoms with Crippen molar-refractivity contribution < 1.29 is 19.7 Å². The number of hydrogen-bond acceptors (Lipinski definition) is 5. The molecule has 0 radical (unpaired) electrons. The third-order valence-electron chi connectivity index (χ3n) is 3.72. The van der Waals surface area contributed by atoms with Gasteiger partial charge in [-0.25, -0.2) is 0 Å². The Balaban J connectivity index is 1.97. The zero-order chi connectivity index (χ0) is 16.7. The zero-order valence-electron chi connectivity index (χ0n) is 13.5. The van der Waals surface area contributed by atoms with E-state index in [9.17, 15) is 10.2 Å². The Labute approximate surface area is 136 Å². The number of hydrogen-bond donors (Lipinski definition) is 3. The molecule has 0 bridgehead atoms. The molecule has 0 aromatic heterocycles. The first kappa shape index (κ1) is 17.3. The SMILES string of the molecule is COc1ccc(CNCc2ccc(CO)c(CO)c2)cc1OC. The number of benzene rings is 2. The van der Waals surface area contributed by atoms with E-state index in [-0.39, 0.29) is 13.2 Å². The Morgan fingerprint density at radius 2 is 1.39 bits per heavy atom. The third-order valence-corrected chi connectivity index (χ3v) is 3.72. The van der Waals surface area contributed by atoms with E-state index in [1.165, 1.54) is 0 Å². The van der Waals surface area contributed by atoms with Crippen LogP contribution in [0.5, 0.6) is 11.5 Å². The van der Waals surface area contributed by atoms with Gasteiger partial charge in [-0.1, -0.05) is 24.3 Å². The minimum atomic E-state index is -0.0700. The van der Waals surface area contributed by atoms with Gasteiger partial charge < -0.3 is 25.0 Å². The molecule has 5 nitrogen and oxygen atoms in total. The van der Waals surface area contributed by atoms with E-state index >= 15 is 0 Å². The first-order chi connectivity index (χ1) is 11.2. The summed E-state index contributed by atoms with van der Waals surface area (Å²) in [5.41, 5.74) is 3.68. The van der Waals surface area contributed by atoms with Crippen LogP contribution in [0.1, 0.15) is 22.3 Å². The Hall–Kier alpha value is -2.08. The van der Waals surface area contributed by atoms with Gasteiger partial charge in [0, 0.05) is 13.1 Å². The Morgan fingerprint density at radius 3 is 2.00 bits per heavy atom. The van der Waals surface area contributed by atoms with Crippen molar-refractivity contribution in [2.75, 3.05) is 14.2 Å². The summed E-state index contributed by atoms with van der Waals surface area (Å²) < 4.78 is 10.5. The molecule has 0 aliphatic carbocycles. The van der Waals surface area contributed by atoms with E-state index < -0.39 is 0 Å². The monoisotopic (exact) mass is 317 g/mol. The second kappa shape index (κ2) is 8.53. The van der Waals surface area contributed by atoms with E-state index in [4.69, 9.17) is 9.47 Å². The van der Waals surface area contributed by atoms with Crippen LogP contribution in [0, 0.1) is 0 Å². The second-order valence-corrected chi connectivity index (χ2v) is 5.21. The second-order valence-electron chi connectivity index (χ2n) is 5.21. The Morgan fingerprint density at radius 1 is 0.783 bits per heavy atom. The van der Waals surface area contributed by atoms with Crippen LogP contribution in [0.3, 0.4) is 0 Å². The molecule has 0 fully saturated rings. The van der Waals surface area contributed by atoms with Crippen molar-refractivity contribution in [3.8, 4) is 11.5 Å². The van der Waals surface area contributed by atoms with Crippen LogP contribution >= 0.6 is 0 Å². The molecule has 5 heteroatoms. The summed E-state index contributed by atoms with van der Waals surface area (Å²) in [6.07, 6.45) is 0. The quantitative estimate of drug-likeness (QED) is 0.694. The standard InChI is InChI=1S/C18H23NO4/c1-22-17-6-4-14(8-18(17)23-2)10-19-9-13-3-5-15(11-20)16(7-13)12-21/h3-8,19-21H,9-12H2,1-2H3. The number of aliphatic hydroxyl groups excluding tert-OH is 2. The van der Waals surface area contributed by atoms with Gasteiger partial charge in [-0.05, 0) is 34.4 Å². The summed E-state index contributed by atoms with van der Waals surface area (Å²) in [6.45, 7) is 1.23. The molecular formula is C18H23NO4. The van der Waals surface area contributed by atoms with Crippen LogP contribution in [0.4, 0.5) is 0 Å².